The lowest BCUT2D eigenvalue weighted by Gasteiger charge is -2.46. The van der Waals surface area contributed by atoms with Crippen LogP contribution in [0.25, 0.3) is 0 Å². The molecule has 0 aromatic rings. The third-order valence-electron chi connectivity index (χ3n) is 3.91. The largest absolute Gasteiger partial charge is 0.478 e. The molecular formula is C15H17F3O4. The van der Waals surface area contributed by atoms with Crippen LogP contribution in [0.3, 0.4) is 0 Å². The second-order valence-electron chi connectivity index (χ2n) is 5.63. The minimum Gasteiger partial charge on any atom is -0.478 e. The molecule has 2 N–H and O–H groups in total. The molecule has 0 radical (unpaired) electrons. The van der Waals surface area contributed by atoms with Crippen LogP contribution in [0, 0.1) is 5.41 Å². The third-order valence-corrected chi connectivity index (χ3v) is 3.91. The van der Waals surface area contributed by atoms with Crippen molar-refractivity contribution in [3.8, 4) is 0 Å². The number of carbonyl (C=O) groups excluding carboxylic acids is 1. The topological polar surface area (TPSA) is 74.6 Å². The summed E-state index contributed by atoms with van der Waals surface area (Å²) >= 11 is 0. The zero-order valence-electron chi connectivity index (χ0n) is 12.4. The number of carbonyl (C=O) groups is 2. The summed E-state index contributed by atoms with van der Waals surface area (Å²) in [5, 5.41) is 19.2. The predicted octanol–water partition coefficient (Wildman–Crippen LogP) is 2.79. The van der Waals surface area contributed by atoms with Crippen molar-refractivity contribution in [2.24, 2.45) is 5.41 Å². The van der Waals surface area contributed by atoms with Gasteiger partial charge in [-0.2, -0.15) is 13.2 Å². The Kier molecular flexibility index (Phi) is 4.72. The highest BCUT2D eigenvalue weighted by Crippen LogP contribution is 2.54. The molecule has 4 nitrogen and oxygen atoms in total. The molecule has 1 aliphatic rings. The average Bonchev–Trinajstić information content (AvgIpc) is 2.31. The smallest absolute Gasteiger partial charge is 0.398 e. The van der Waals surface area contributed by atoms with Gasteiger partial charge in [-0.15, -0.1) is 0 Å². The number of hydrogen-bond donors (Lipinski definition) is 2. The van der Waals surface area contributed by atoms with Gasteiger partial charge in [-0.05, 0) is 44.1 Å². The van der Waals surface area contributed by atoms with E-state index < -0.39 is 35.4 Å². The van der Waals surface area contributed by atoms with Gasteiger partial charge in [0.05, 0.1) is 0 Å². The van der Waals surface area contributed by atoms with Gasteiger partial charge in [0.15, 0.2) is 5.78 Å². The summed E-state index contributed by atoms with van der Waals surface area (Å²) < 4.78 is 40.3. The maximum Gasteiger partial charge on any atom is 0.398 e. The normalized spacial score (nSPS) is 30.6. The van der Waals surface area contributed by atoms with E-state index in [1.807, 2.05) is 0 Å². The van der Waals surface area contributed by atoms with Crippen LogP contribution in [-0.4, -0.2) is 33.7 Å². The van der Waals surface area contributed by atoms with E-state index in [0.717, 1.165) is 31.2 Å². The van der Waals surface area contributed by atoms with E-state index in [9.17, 15) is 27.9 Å². The van der Waals surface area contributed by atoms with E-state index in [4.69, 9.17) is 5.11 Å². The first-order valence-corrected chi connectivity index (χ1v) is 6.44. The summed E-state index contributed by atoms with van der Waals surface area (Å²) in [5.74, 6) is -1.97. The molecule has 0 bridgehead atoms. The van der Waals surface area contributed by atoms with Crippen LogP contribution in [0.2, 0.25) is 0 Å². The average molecular weight is 318 g/mol. The second kappa shape index (κ2) is 5.72. The van der Waals surface area contributed by atoms with Crippen molar-refractivity contribution < 1.29 is 33.0 Å². The number of hydrogen-bond acceptors (Lipinski definition) is 3. The first-order chi connectivity index (χ1) is 9.83. The molecule has 0 aromatic carbocycles. The standard InChI is InChI=1S/C15H17F3O4/c1-9(6-12(20)21)4-5-14(22)10(2)7-11(19)8-13(14,3)15(16,17)18/h4-7,22H,8H2,1-3H3,(H,20,21)/b5-4+,9-6-. The highest BCUT2D eigenvalue weighted by atomic mass is 19.4. The Bertz CT molecular complexity index is 586. The SMILES string of the molecule is CC1=CC(=O)CC(C)(C(F)(F)F)C1(O)/C=C/C(C)=C\C(=O)O. The Balaban J connectivity index is 3.41. The summed E-state index contributed by atoms with van der Waals surface area (Å²) in [6.45, 7) is 3.40. The van der Waals surface area contributed by atoms with Gasteiger partial charge >= 0.3 is 12.1 Å². The van der Waals surface area contributed by atoms with E-state index in [2.05, 4.69) is 0 Å². The van der Waals surface area contributed by atoms with Gasteiger partial charge in [-0.1, -0.05) is 6.08 Å². The predicted molar refractivity (Wildman–Crippen MR) is 73.0 cm³/mol. The van der Waals surface area contributed by atoms with Crippen molar-refractivity contribution in [3.63, 3.8) is 0 Å². The number of aliphatic carboxylic acids is 1. The summed E-state index contributed by atoms with van der Waals surface area (Å²) in [4.78, 5) is 22.0. The molecule has 0 amide bonds. The number of aliphatic hydroxyl groups is 1. The Hall–Kier alpha value is -1.89. The maximum absolute atomic E-state index is 13.4. The summed E-state index contributed by atoms with van der Waals surface area (Å²) in [7, 11) is 0. The number of halogens is 3. The van der Waals surface area contributed by atoms with E-state index in [0.29, 0.717) is 0 Å². The highest BCUT2D eigenvalue weighted by Gasteiger charge is 2.64. The van der Waals surface area contributed by atoms with Crippen LogP contribution in [-0.2, 0) is 9.59 Å². The molecule has 0 saturated heterocycles. The molecule has 122 valence electrons. The van der Waals surface area contributed by atoms with E-state index >= 15 is 0 Å². The maximum atomic E-state index is 13.4. The van der Waals surface area contributed by atoms with E-state index in [1.54, 1.807) is 0 Å². The molecule has 0 aliphatic heterocycles. The van der Waals surface area contributed by atoms with Crippen LogP contribution in [0.15, 0.2) is 35.5 Å². The fourth-order valence-corrected chi connectivity index (χ4v) is 2.45. The van der Waals surface area contributed by atoms with Crippen LogP contribution < -0.4 is 0 Å². The molecule has 0 fully saturated rings. The molecule has 1 rings (SSSR count). The first kappa shape index (κ1) is 18.2. The molecule has 1 aliphatic carbocycles. The lowest BCUT2D eigenvalue weighted by atomic mass is 9.62. The van der Waals surface area contributed by atoms with Crippen LogP contribution in [0.5, 0.6) is 0 Å². The molecule has 0 saturated carbocycles. The van der Waals surface area contributed by atoms with Gasteiger partial charge < -0.3 is 10.2 Å². The zero-order valence-corrected chi connectivity index (χ0v) is 12.4. The molecule has 2 atom stereocenters. The van der Waals surface area contributed by atoms with Crippen molar-refractivity contribution in [1.29, 1.82) is 0 Å². The van der Waals surface area contributed by atoms with Gasteiger partial charge in [0.1, 0.15) is 11.0 Å². The summed E-state index contributed by atoms with van der Waals surface area (Å²) in [6.07, 6.45) is -1.91. The van der Waals surface area contributed by atoms with Crippen molar-refractivity contribution in [2.75, 3.05) is 0 Å². The monoisotopic (exact) mass is 318 g/mol. The Morgan fingerprint density at radius 2 is 1.95 bits per heavy atom. The zero-order chi connectivity index (χ0) is 17.3. The number of alkyl halides is 3. The summed E-state index contributed by atoms with van der Waals surface area (Å²) in [5.41, 5.74) is -5.08. The number of ketones is 1. The minimum absolute atomic E-state index is 0.136. The third kappa shape index (κ3) is 3.14. The van der Waals surface area contributed by atoms with E-state index in [-0.39, 0.29) is 11.1 Å². The Labute approximate surface area is 125 Å². The van der Waals surface area contributed by atoms with Crippen molar-refractivity contribution in [1.82, 2.24) is 0 Å². The summed E-state index contributed by atoms with van der Waals surface area (Å²) in [6, 6.07) is 0. The van der Waals surface area contributed by atoms with Crippen molar-refractivity contribution in [2.45, 2.75) is 39.0 Å². The fourth-order valence-electron chi connectivity index (χ4n) is 2.45. The Morgan fingerprint density at radius 1 is 1.41 bits per heavy atom. The lowest BCUT2D eigenvalue weighted by molar-refractivity contribution is -0.261. The van der Waals surface area contributed by atoms with Crippen LogP contribution >= 0.6 is 0 Å². The lowest BCUT2D eigenvalue weighted by Crippen LogP contribution is -2.57. The molecule has 0 heterocycles. The number of carboxylic acids is 1. The van der Waals surface area contributed by atoms with Crippen LogP contribution in [0.4, 0.5) is 13.2 Å². The molecule has 0 aromatic heterocycles. The fraction of sp³-hybridized carbons (Fsp3) is 0.467. The molecule has 7 heteroatoms. The van der Waals surface area contributed by atoms with Gasteiger partial charge in [-0.3, -0.25) is 4.79 Å². The molecule has 22 heavy (non-hydrogen) atoms. The van der Waals surface area contributed by atoms with Gasteiger partial charge in [-0.25, -0.2) is 4.79 Å². The van der Waals surface area contributed by atoms with Gasteiger partial charge in [0.25, 0.3) is 0 Å². The van der Waals surface area contributed by atoms with Crippen molar-refractivity contribution >= 4 is 11.8 Å². The quantitative estimate of drug-likeness (QED) is 0.620. The number of rotatable bonds is 3. The minimum atomic E-state index is -4.82. The highest BCUT2D eigenvalue weighted by molar-refractivity contribution is 5.93. The van der Waals surface area contributed by atoms with Crippen molar-refractivity contribution in [3.05, 3.63) is 35.5 Å². The van der Waals surface area contributed by atoms with Crippen LogP contribution in [0.1, 0.15) is 27.2 Å². The first-order valence-electron chi connectivity index (χ1n) is 6.44. The number of allylic oxidation sites excluding steroid dienone is 3. The molecule has 2 unspecified atom stereocenters. The van der Waals surface area contributed by atoms with Gasteiger partial charge in [0, 0.05) is 12.5 Å². The molecule has 0 spiro atoms. The number of carboxylic acid groups (broad SMARTS) is 1. The Morgan fingerprint density at radius 3 is 2.41 bits per heavy atom. The van der Waals surface area contributed by atoms with E-state index in [1.165, 1.54) is 13.8 Å². The second-order valence-corrected chi connectivity index (χ2v) is 5.63. The van der Waals surface area contributed by atoms with Gasteiger partial charge in [0.2, 0.25) is 0 Å². The molecular weight excluding hydrogens is 301 g/mol.